The molecule has 0 spiro atoms. The molecule has 1 heterocycles. The van der Waals surface area contributed by atoms with Gasteiger partial charge in [0.25, 0.3) is 5.91 Å². The van der Waals surface area contributed by atoms with Crippen molar-refractivity contribution in [2.75, 3.05) is 23.0 Å². The molecule has 7 heteroatoms. The highest BCUT2D eigenvalue weighted by Gasteiger charge is 2.18. The largest absolute Gasteiger partial charge is 0.452 e. The molecule has 1 aliphatic rings. The second-order valence-corrected chi connectivity index (χ2v) is 7.01. The van der Waals surface area contributed by atoms with Crippen LogP contribution in [0.1, 0.15) is 21.5 Å². The number of nitrogens with one attached hydrogen (secondary N) is 2. The van der Waals surface area contributed by atoms with Gasteiger partial charge in [-0.25, -0.2) is 4.79 Å². The third kappa shape index (κ3) is 4.23. The third-order valence-electron chi connectivity index (χ3n) is 3.84. The minimum atomic E-state index is -0.617. The van der Waals surface area contributed by atoms with E-state index in [4.69, 9.17) is 4.74 Å². The maximum atomic E-state index is 12.2. The zero-order chi connectivity index (χ0) is 18.7. The SMILES string of the molecule is Cc1ccc(NC(=O)COC(=O)c2ccc3c(c2)NC(=O)CS3)c(C)c1. The minimum Gasteiger partial charge on any atom is -0.452 e. The van der Waals surface area contributed by atoms with E-state index in [2.05, 4.69) is 10.6 Å². The molecule has 0 saturated carbocycles. The summed E-state index contributed by atoms with van der Waals surface area (Å²) in [4.78, 5) is 36.5. The van der Waals surface area contributed by atoms with E-state index in [1.807, 2.05) is 32.0 Å². The molecule has 0 atom stereocenters. The quantitative estimate of drug-likeness (QED) is 0.808. The summed E-state index contributed by atoms with van der Waals surface area (Å²) in [5.41, 5.74) is 3.59. The Morgan fingerprint density at radius 3 is 2.77 bits per heavy atom. The van der Waals surface area contributed by atoms with Crippen molar-refractivity contribution in [2.24, 2.45) is 0 Å². The summed E-state index contributed by atoms with van der Waals surface area (Å²) in [6.45, 7) is 3.48. The number of hydrogen-bond donors (Lipinski definition) is 2. The highest BCUT2D eigenvalue weighted by molar-refractivity contribution is 8.00. The van der Waals surface area contributed by atoms with Crippen molar-refractivity contribution in [3.63, 3.8) is 0 Å². The van der Waals surface area contributed by atoms with E-state index >= 15 is 0 Å². The Balaban J connectivity index is 1.59. The van der Waals surface area contributed by atoms with Gasteiger partial charge in [0.1, 0.15) is 0 Å². The van der Waals surface area contributed by atoms with Gasteiger partial charge in [0.2, 0.25) is 5.91 Å². The molecule has 2 amide bonds. The maximum Gasteiger partial charge on any atom is 0.338 e. The number of aryl methyl sites for hydroxylation is 2. The average molecular weight is 370 g/mol. The molecule has 0 aliphatic carbocycles. The van der Waals surface area contributed by atoms with Crippen molar-refractivity contribution in [1.82, 2.24) is 0 Å². The molecule has 0 radical (unpaired) electrons. The number of fused-ring (bicyclic) bond motifs is 1. The van der Waals surface area contributed by atoms with E-state index in [0.717, 1.165) is 16.0 Å². The highest BCUT2D eigenvalue weighted by atomic mass is 32.2. The number of carbonyl (C=O) groups excluding carboxylic acids is 3. The van der Waals surface area contributed by atoms with Crippen LogP contribution in [-0.4, -0.2) is 30.1 Å². The van der Waals surface area contributed by atoms with Crippen molar-refractivity contribution in [3.05, 3.63) is 53.1 Å². The van der Waals surface area contributed by atoms with Crippen LogP contribution in [0.3, 0.4) is 0 Å². The van der Waals surface area contributed by atoms with Crippen LogP contribution in [0.2, 0.25) is 0 Å². The van der Waals surface area contributed by atoms with Crippen LogP contribution in [0.5, 0.6) is 0 Å². The molecular formula is C19H18N2O4S. The average Bonchev–Trinajstić information content (AvgIpc) is 2.61. The van der Waals surface area contributed by atoms with E-state index in [0.29, 0.717) is 17.1 Å². The van der Waals surface area contributed by atoms with Gasteiger partial charge in [0.15, 0.2) is 6.61 Å². The summed E-state index contributed by atoms with van der Waals surface area (Å²) < 4.78 is 5.07. The Bertz CT molecular complexity index is 895. The topological polar surface area (TPSA) is 84.5 Å². The molecular weight excluding hydrogens is 352 g/mol. The number of ether oxygens (including phenoxy) is 1. The Labute approximate surface area is 155 Å². The van der Waals surface area contributed by atoms with Crippen molar-refractivity contribution in [2.45, 2.75) is 18.7 Å². The van der Waals surface area contributed by atoms with E-state index in [-0.39, 0.29) is 18.1 Å². The normalized spacial score (nSPS) is 12.8. The van der Waals surface area contributed by atoms with E-state index in [1.54, 1.807) is 18.2 Å². The van der Waals surface area contributed by atoms with Gasteiger partial charge in [0.05, 0.1) is 17.0 Å². The third-order valence-corrected chi connectivity index (χ3v) is 4.91. The lowest BCUT2D eigenvalue weighted by atomic mass is 10.1. The first kappa shape index (κ1) is 18.0. The number of amides is 2. The second kappa shape index (κ2) is 7.61. The highest BCUT2D eigenvalue weighted by Crippen LogP contribution is 2.32. The molecule has 26 heavy (non-hydrogen) atoms. The summed E-state index contributed by atoms with van der Waals surface area (Å²) in [7, 11) is 0. The Morgan fingerprint density at radius 2 is 2.00 bits per heavy atom. The molecule has 2 aromatic carbocycles. The first-order valence-electron chi connectivity index (χ1n) is 8.03. The molecule has 0 aromatic heterocycles. The van der Waals surface area contributed by atoms with Gasteiger partial charge in [-0.2, -0.15) is 0 Å². The molecule has 0 bridgehead atoms. The predicted molar refractivity (Wildman–Crippen MR) is 101 cm³/mol. The number of carbonyl (C=O) groups is 3. The van der Waals surface area contributed by atoms with Gasteiger partial charge >= 0.3 is 5.97 Å². The monoisotopic (exact) mass is 370 g/mol. The van der Waals surface area contributed by atoms with Crippen molar-refractivity contribution < 1.29 is 19.1 Å². The number of thioether (sulfide) groups is 1. The summed E-state index contributed by atoms with van der Waals surface area (Å²) in [5.74, 6) is -0.781. The Morgan fingerprint density at radius 1 is 1.19 bits per heavy atom. The lowest BCUT2D eigenvalue weighted by molar-refractivity contribution is -0.119. The predicted octanol–water partition coefficient (Wildman–Crippen LogP) is 3.14. The Hall–Kier alpha value is -2.80. The van der Waals surface area contributed by atoms with Crippen LogP contribution in [0.15, 0.2) is 41.3 Å². The van der Waals surface area contributed by atoms with Crippen LogP contribution >= 0.6 is 11.8 Å². The van der Waals surface area contributed by atoms with Gasteiger partial charge in [0, 0.05) is 10.6 Å². The van der Waals surface area contributed by atoms with E-state index in [1.165, 1.54) is 11.8 Å². The first-order valence-corrected chi connectivity index (χ1v) is 9.02. The van der Waals surface area contributed by atoms with Crippen molar-refractivity contribution in [1.29, 1.82) is 0 Å². The molecule has 0 fully saturated rings. The smallest absolute Gasteiger partial charge is 0.338 e. The fourth-order valence-electron chi connectivity index (χ4n) is 2.56. The van der Waals surface area contributed by atoms with Crippen LogP contribution in [0.4, 0.5) is 11.4 Å². The molecule has 6 nitrogen and oxygen atoms in total. The molecule has 134 valence electrons. The maximum absolute atomic E-state index is 12.2. The first-order chi connectivity index (χ1) is 12.4. The number of rotatable bonds is 4. The molecule has 0 saturated heterocycles. The number of hydrogen-bond acceptors (Lipinski definition) is 5. The Kier molecular flexibility index (Phi) is 5.27. The lowest BCUT2D eigenvalue weighted by Gasteiger charge is -2.16. The van der Waals surface area contributed by atoms with Gasteiger partial charge in [-0.3, -0.25) is 9.59 Å². The summed E-state index contributed by atoms with van der Waals surface area (Å²) in [5, 5.41) is 5.44. The molecule has 1 aliphatic heterocycles. The fourth-order valence-corrected chi connectivity index (χ4v) is 3.35. The summed E-state index contributed by atoms with van der Waals surface area (Å²) in [6.07, 6.45) is 0. The number of esters is 1. The van der Waals surface area contributed by atoms with Crippen molar-refractivity contribution >= 4 is 40.9 Å². The summed E-state index contributed by atoms with van der Waals surface area (Å²) >= 11 is 1.41. The van der Waals surface area contributed by atoms with Crippen LogP contribution in [-0.2, 0) is 14.3 Å². The van der Waals surface area contributed by atoms with Gasteiger partial charge in [-0.05, 0) is 43.7 Å². The van der Waals surface area contributed by atoms with E-state index < -0.39 is 11.9 Å². The zero-order valence-electron chi connectivity index (χ0n) is 14.4. The molecule has 3 rings (SSSR count). The molecule has 0 unspecified atom stereocenters. The van der Waals surface area contributed by atoms with Gasteiger partial charge in [-0.15, -0.1) is 11.8 Å². The van der Waals surface area contributed by atoms with Gasteiger partial charge < -0.3 is 15.4 Å². The lowest BCUT2D eigenvalue weighted by Crippen LogP contribution is -2.22. The van der Waals surface area contributed by atoms with Crippen molar-refractivity contribution in [3.8, 4) is 0 Å². The zero-order valence-corrected chi connectivity index (χ0v) is 15.2. The minimum absolute atomic E-state index is 0.110. The molecule has 2 aromatic rings. The van der Waals surface area contributed by atoms with Crippen LogP contribution < -0.4 is 10.6 Å². The van der Waals surface area contributed by atoms with Gasteiger partial charge in [-0.1, -0.05) is 17.7 Å². The standard InChI is InChI=1S/C19H18N2O4S/c1-11-3-5-14(12(2)7-11)20-17(22)9-25-19(24)13-4-6-16-15(8-13)21-18(23)10-26-16/h3-8H,9-10H2,1-2H3,(H,20,22)(H,21,23). The molecule has 2 N–H and O–H groups in total. The van der Waals surface area contributed by atoms with E-state index in [9.17, 15) is 14.4 Å². The van der Waals surface area contributed by atoms with Crippen LogP contribution in [0.25, 0.3) is 0 Å². The number of anilines is 2. The fraction of sp³-hybridized carbons (Fsp3) is 0.211. The van der Waals surface area contributed by atoms with Crippen LogP contribution in [0, 0.1) is 13.8 Å². The second-order valence-electron chi connectivity index (χ2n) is 5.99. The summed E-state index contributed by atoms with van der Waals surface area (Å²) in [6, 6.07) is 10.6. The number of benzene rings is 2.